The van der Waals surface area contributed by atoms with Crippen molar-refractivity contribution in [3.63, 3.8) is 0 Å². The SMILES string of the molecule is CCC(C)=[N+]1CCN(SC(C)(C)F)CC1. The fraction of sp³-hybridized carbons (Fsp3) is 0.909. The van der Waals surface area contributed by atoms with E-state index >= 15 is 0 Å². The molecule has 0 aromatic rings. The van der Waals surface area contributed by atoms with E-state index in [-0.39, 0.29) is 0 Å². The molecule has 0 bridgehead atoms. The van der Waals surface area contributed by atoms with Crippen LogP contribution in [0, 0.1) is 0 Å². The predicted molar refractivity (Wildman–Crippen MR) is 65.3 cm³/mol. The van der Waals surface area contributed by atoms with Gasteiger partial charge in [0.25, 0.3) is 0 Å². The summed E-state index contributed by atoms with van der Waals surface area (Å²) in [7, 11) is 0. The molecule has 15 heavy (non-hydrogen) atoms. The Balaban J connectivity index is 2.43. The van der Waals surface area contributed by atoms with Crippen LogP contribution in [-0.2, 0) is 0 Å². The third kappa shape index (κ3) is 4.51. The number of alkyl halides is 1. The van der Waals surface area contributed by atoms with Gasteiger partial charge in [-0.25, -0.2) is 13.3 Å². The van der Waals surface area contributed by atoms with Gasteiger partial charge in [0.1, 0.15) is 5.71 Å². The lowest BCUT2D eigenvalue weighted by Gasteiger charge is -2.28. The molecular weight excluding hydrogens is 211 g/mol. The molecule has 0 aromatic carbocycles. The first-order valence-electron chi connectivity index (χ1n) is 5.62. The number of hydrogen-bond acceptors (Lipinski definition) is 2. The van der Waals surface area contributed by atoms with Crippen LogP contribution in [0.25, 0.3) is 0 Å². The highest BCUT2D eigenvalue weighted by Gasteiger charge is 2.26. The van der Waals surface area contributed by atoms with Crippen LogP contribution in [0.2, 0.25) is 0 Å². The molecule has 0 spiro atoms. The molecular formula is C11H22FN2S+. The summed E-state index contributed by atoms with van der Waals surface area (Å²) in [6.07, 6.45) is 1.11. The topological polar surface area (TPSA) is 6.25 Å². The summed E-state index contributed by atoms with van der Waals surface area (Å²) >= 11 is 1.33. The number of rotatable bonds is 3. The van der Waals surface area contributed by atoms with E-state index in [1.165, 1.54) is 17.7 Å². The molecule has 0 aromatic heterocycles. The van der Waals surface area contributed by atoms with Gasteiger partial charge in [-0.2, -0.15) is 0 Å². The van der Waals surface area contributed by atoms with Crippen LogP contribution in [0.5, 0.6) is 0 Å². The third-order valence-corrected chi connectivity index (χ3v) is 3.69. The monoisotopic (exact) mass is 233 g/mol. The largest absolute Gasteiger partial charge is 0.235 e. The van der Waals surface area contributed by atoms with Crippen molar-refractivity contribution < 1.29 is 8.97 Å². The zero-order valence-corrected chi connectivity index (χ0v) is 11.0. The maximum Gasteiger partial charge on any atom is 0.164 e. The van der Waals surface area contributed by atoms with Gasteiger partial charge in [-0.1, -0.05) is 6.92 Å². The Morgan fingerprint density at radius 1 is 1.40 bits per heavy atom. The van der Waals surface area contributed by atoms with Crippen molar-refractivity contribution in [2.24, 2.45) is 0 Å². The van der Waals surface area contributed by atoms with Crippen molar-refractivity contribution in [2.45, 2.75) is 39.1 Å². The maximum absolute atomic E-state index is 13.4. The molecule has 0 unspecified atom stereocenters. The van der Waals surface area contributed by atoms with Crippen LogP contribution < -0.4 is 0 Å². The fourth-order valence-corrected chi connectivity index (χ4v) is 2.65. The molecule has 1 saturated heterocycles. The number of piperazine rings is 1. The molecule has 1 aliphatic rings. The van der Waals surface area contributed by atoms with E-state index in [0.717, 1.165) is 32.6 Å². The van der Waals surface area contributed by atoms with Crippen molar-refractivity contribution in [2.75, 3.05) is 26.2 Å². The Bertz CT molecular complexity index is 235. The molecule has 0 N–H and O–H groups in total. The van der Waals surface area contributed by atoms with Crippen LogP contribution in [0.4, 0.5) is 4.39 Å². The third-order valence-electron chi connectivity index (χ3n) is 2.64. The van der Waals surface area contributed by atoms with Gasteiger partial charge in [0, 0.05) is 13.3 Å². The first kappa shape index (κ1) is 13.0. The van der Waals surface area contributed by atoms with Crippen LogP contribution in [0.1, 0.15) is 34.1 Å². The zero-order chi connectivity index (χ0) is 11.5. The second kappa shape index (κ2) is 5.30. The molecule has 1 heterocycles. The zero-order valence-electron chi connectivity index (χ0n) is 10.2. The Labute approximate surface area is 96.7 Å². The second-order valence-electron chi connectivity index (χ2n) is 4.46. The minimum Gasteiger partial charge on any atom is -0.235 e. The first-order chi connectivity index (χ1) is 6.92. The molecule has 2 nitrogen and oxygen atoms in total. The van der Waals surface area contributed by atoms with Crippen LogP contribution in [0.3, 0.4) is 0 Å². The predicted octanol–water partition coefficient (Wildman–Crippen LogP) is 2.54. The van der Waals surface area contributed by atoms with Crippen LogP contribution in [-0.4, -0.2) is 45.8 Å². The molecule has 88 valence electrons. The van der Waals surface area contributed by atoms with Crippen molar-refractivity contribution in [1.29, 1.82) is 0 Å². The average molecular weight is 233 g/mol. The van der Waals surface area contributed by atoms with Crippen LogP contribution >= 0.6 is 11.9 Å². The minimum atomic E-state index is -1.15. The van der Waals surface area contributed by atoms with Gasteiger partial charge in [-0.05, 0) is 25.8 Å². The minimum absolute atomic E-state index is 0.954. The molecule has 1 aliphatic heterocycles. The maximum atomic E-state index is 13.4. The van der Waals surface area contributed by atoms with E-state index in [1.807, 2.05) is 0 Å². The van der Waals surface area contributed by atoms with Gasteiger partial charge in [-0.3, -0.25) is 0 Å². The van der Waals surface area contributed by atoms with Gasteiger partial charge >= 0.3 is 0 Å². The van der Waals surface area contributed by atoms with Gasteiger partial charge < -0.3 is 0 Å². The summed E-state index contributed by atoms with van der Waals surface area (Å²) in [6, 6.07) is 0. The molecule has 0 radical (unpaired) electrons. The molecule has 0 saturated carbocycles. The van der Waals surface area contributed by atoms with Crippen LogP contribution in [0.15, 0.2) is 0 Å². The quantitative estimate of drug-likeness (QED) is 0.546. The van der Waals surface area contributed by atoms with Gasteiger partial charge in [0.15, 0.2) is 18.1 Å². The van der Waals surface area contributed by atoms with E-state index in [2.05, 4.69) is 22.7 Å². The summed E-state index contributed by atoms with van der Waals surface area (Å²) in [5, 5.41) is -1.15. The summed E-state index contributed by atoms with van der Waals surface area (Å²) in [5.74, 6) is 0. The van der Waals surface area contributed by atoms with Gasteiger partial charge in [0.2, 0.25) is 0 Å². The van der Waals surface area contributed by atoms with E-state index in [1.54, 1.807) is 13.8 Å². The highest BCUT2D eigenvalue weighted by atomic mass is 32.2. The number of hydrogen-bond donors (Lipinski definition) is 0. The summed E-state index contributed by atoms with van der Waals surface area (Å²) < 4.78 is 17.9. The molecule has 1 rings (SSSR count). The van der Waals surface area contributed by atoms with Crippen molar-refractivity contribution >= 4 is 17.7 Å². The van der Waals surface area contributed by atoms with E-state index in [9.17, 15) is 4.39 Å². The average Bonchev–Trinajstić information content (AvgIpc) is 2.15. The molecule has 1 fully saturated rings. The van der Waals surface area contributed by atoms with Gasteiger partial charge in [0.05, 0.1) is 13.1 Å². The number of halogens is 1. The summed E-state index contributed by atoms with van der Waals surface area (Å²) in [6.45, 7) is 11.6. The fourth-order valence-electron chi connectivity index (χ4n) is 1.69. The lowest BCUT2D eigenvalue weighted by Crippen LogP contribution is -2.41. The van der Waals surface area contributed by atoms with Crippen molar-refractivity contribution in [3.05, 3.63) is 0 Å². The lowest BCUT2D eigenvalue weighted by molar-refractivity contribution is -0.538. The second-order valence-corrected chi connectivity index (χ2v) is 6.13. The first-order valence-corrected chi connectivity index (χ1v) is 6.40. The smallest absolute Gasteiger partial charge is 0.164 e. The van der Waals surface area contributed by atoms with Crippen molar-refractivity contribution in [1.82, 2.24) is 4.31 Å². The highest BCUT2D eigenvalue weighted by Crippen LogP contribution is 2.29. The molecule has 4 heteroatoms. The van der Waals surface area contributed by atoms with Crippen molar-refractivity contribution in [3.8, 4) is 0 Å². The summed E-state index contributed by atoms with van der Waals surface area (Å²) in [5.41, 5.74) is 1.44. The highest BCUT2D eigenvalue weighted by molar-refractivity contribution is 7.98. The van der Waals surface area contributed by atoms with E-state index < -0.39 is 5.00 Å². The Kier molecular flexibility index (Phi) is 4.59. The molecule has 0 amide bonds. The Hall–Kier alpha value is -0.0900. The molecule has 0 atom stereocenters. The van der Waals surface area contributed by atoms with E-state index in [4.69, 9.17) is 0 Å². The van der Waals surface area contributed by atoms with E-state index in [0.29, 0.717) is 0 Å². The van der Waals surface area contributed by atoms with Gasteiger partial charge in [-0.15, -0.1) is 0 Å². The normalized spacial score (nSPS) is 19.4. The Morgan fingerprint density at radius 3 is 2.33 bits per heavy atom. The molecule has 0 aliphatic carbocycles. The Morgan fingerprint density at radius 2 is 1.93 bits per heavy atom. The lowest BCUT2D eigenvalue weighted by atomic mass is 10.3. The summed E-state index contributed by atoms with van der Waals surface area (Å²) in [4.78, 5) is 0. The standard InChI is InChI=1S/C11H22FN2S/c1-5-10(2)13-6-8-14(9-7-13)15-11(3,4)12/h5-9H2,1-4H3/q+1. The number of nitrogens with zero attached hydrogens (tertiary/aromatic N) is 2.